The second-order valence-corrected chi connectivity index (χ2v) is 12.2. The van der Waals surface area contributed by atoms with Gasteiger partial charge in [-0.15, -0.1) is 0 Å². The average Bonchev–Trinajstić information content (AvgIpc) is 2.81. The molecule has 1 rings (SSSR count). The number of rotatable bonds is 17. The molecule has 38 heavy (non-hydrogen) atoms. The molecular formula is C28H53N5O4S. The van der Waals surface area contributed by atoms with Crippen LogP contribution in [0, 0.1) is 11.8 Å². The van der Waals surface area contributed by atoms with Gasteiger partial charge in [0.15, 0.2) is 11.2 Å². The highest BCUT2D eigenvalue weighted by molar-refractivity contribution is 7.80. The number of nitrogens with zero attached hydrogens (tertiary/aromatic N) is 2. The van der Waals surface area contributed by atoms with E-state index < -0.39 is 23.3 Å². The van der Waals surface area contributed by atoms with E-state index in [0.717, 1.165) is 24.3 Å². The first-order valence-corrected chi connectivity index (χ1v) is 14.8. The highest BCUT2D eigenvalue weighted by Crippen LogP contribution is 2.10. The van der Waals surface area contributed by atoms with E-state index in [2.05, 4.69) is 43.1 Å². The van der Waals surface area contributed by atoms with E-state index in [1.165, 1.54) is 0 Å². The molecule has 0 fully saturated rings. The van der Waals surface area contributed by atoms with Crippen molar-refractivity contribution in [1.29, 1.82) is 0 Å². The lowest BCUT2D eigenvalue weighted by Gasteiger charge is -2.30. The van der Waals surface area contributed by atoms with Crippen molar-refractivity contribution < 1.29 is 18.9 Å². The zero-order valence-electron chi connectivity index (χ0n) is 24.8. The average molecular weight is 556 g/mol. The molecule has 0 aliphatic carbocycles. The maximum atomic E-state index is 12.8. The fourth-order valence-corrected chi connectivity index (χ4v) is 4.53. The van der Waals surface area contributed by atoms with Crippen molar-refractivity contribution >= 4 is 23.0 Å². The Kier molecular flexibility index (Phi) is 20.0. The molecule has 9 nitrogen and oxygen atoms in total. The van der Waals surface area contributed by atoms with E-state index in [1.807, 2.05) is 44.2 Å². The van der Waals surface area contributed by atoms with Crippen molar-refractivity contribution in [2.75, 3.05) is 46.8 Å². The van der Waals surface area contributed by atoms with Crippen LogP contribution in [-0.4, -0.2) is 89.3 Å². The zero-order chi connectivity index (χ0) is 29.1. The summed E-state index contributed by atoms with van der Waals surface area (Å²) in [6.07, 6.45) is 1.35. The van der Waals surface area contributed by atoms with Crippen molar-refractivity contribution in [1.82, 2.24) is 24.6 Å². The van der Waals surface area contributed by atoms with Gasteiger partial charge in [0, 0.05) is 19.6 Å². The number of benzene rings is 1. The van der Waals surface area contributed by atoms with Crippen LogP contribution in [0.1, 0.15) is 59.9 Å². The molecular weight excluding hydrogens is 502 g/mol. The molecule has 3 atom stereocenters. The fraction of sp³-hybridized carbons (Fsp3) is 0.714. The molecule has 3 unspecified atom stereocenters. The SMILES string of the molecule is CC(C)C.CCCCNS(=O)N(CC(C)C)CC(O)C(Cc1ccccc1)NC(=O)CNC(=O)CN(C)C. The lowest BCUT2D eigenvalue weighted by molar-refractivity contribution is -0.127. The summed E-state index contributed by atoms with van der Waals surface area (Å²) in [6, 6.07) is 8.97. The van der Waals surface area contributed by atoms with Gasteiger partial charge in [-0.3, -0.25) is 9.59 Å². The minimum atomic E-state index is -1.44. The molecule has 10 heteroatoms. The number of carbonyl (C=O) groups is 2. The van der Waals surface area contributed by atoms with Crippen molar-refractivity contribution in [3.8, 4) is 0 Å². The van der Waals surface area contributed by atoms with Crippen molar-refractivity contribution in [2.24, 2.45) is 11.8 Å². The fourth-order valence-electron chi connectivity index (χ4n) is 3.31. The molecule has 0 aliphatic rings. The third-order valence-electron chi connectivity index (χ3n) is 4.97. The van der Waals surface area contributed by atoms with Gasteiger partial charge in [-0.2, -0.15) is 0 Å². The number of aliphatic hydroxyl groups is 1. The Bertz CT molecular complexity index is 790. The predicted molar refractivity (Wildman–Crippen MR) is 158 cm³/mol. The molecule has 2 amide bonds. The summed E-state index contributed by atoms with van der Waals surface area (Å²) in [4.78, 5) is 26.2. The Labute approximate surface area is 233 Å². The van der Waals surface area contributed by atoms with Crippen LogP contribution in [0.2, 0.25) is 0 Å². The minimum Gasteiger partial charge on any atom is -0.390 e. The van der Waals surface area contributed by atoms with Crippen molar-refractivity contribution in [3.63, 3.8) is 0 Å². The first-order valence-electron chi connectivity index (χ1n) is 13.7. The highest BCUT2D eigenvalue weighted by Gasteiger charge is 2.27. The number of hydrogen-bond donors (Lipinski definition) is 4. The number of nitrogens with one attached hydrogen (secondary N) is 3. The summed E-state index contributed by atoms with van der Waals surface area (Å²) in [5, 5.41) is 16.6. The van der Waals surface area contributed by atoms with Crippen LogP contribution in [0.4, 0.5) is 0 Å². The van der Waals surface area contributed by atoms with E-state index in [9.17, 15) is 18.9 Å². The van der Waals surface area contributed by atoms with E-state index >= 15 is 0 Å². The molecule has 0 bridgehead atoms. The lowest BCUT2D eigenvalue weighted by Crippen LogP contribution is -2.53. The summed E-state index contributed by atoms with van der Waals surface area (Å²) in [5.74, 6) is 0.444. The molecule has 1 aromatic carbocycles. The summed E-state index contributed by atoms with van der Waals surface area (Å²) < 4.78 is 17.6. The van der Waals surface area contributed by atoms with E-state index in [1.54, 1.807) is 23.3 Å². The summed E-state index contributed by atoms with van der Waals surface area (Å²) in [6.45, 7) is 13.9. The van der Waals surface area contributed by atoms with Gasteiger partial charge < -0.3 is 20.6 Å². The molecule has 4 N–H and O–H groups in total. The third-order valence-corrected chi connectivity index (χ3v) is 6.18. The Morgan fingerprint density at radius 2 is 1.61 bits per heavy atom. The topological polar surface area (TPSA) is 114 Å². The first-order chi connectivity index (χ1) is 17.8. The van der Waals surface area contributed by atoms with Crippen molar-refractivity contribution in [3.05, 3.63) is 35.9 Å². The van der Waals surface area contributed by atoms with Crippen LogP contribution in [0.5, 0.6) is 0 Å². The Hall–Kier alpha value is -1.85. The third kappa shape index (κ3) is 19.3. The molecule has 0 heterocycles. The van der Waals surface area contributed by atoms with Gasteiger partial charge in [-0.05, 0) is 44.3 Å². The Morgan fingerprint density at radius 3 is 2.13 bits per heavy atom. The predicted octanol–water partition coefficient (Wildman–Crippen LogP) is 2.34. The normalized spacial score (nSPS) is 13.7. The van der Waals surface area contributed by atoms with Gasteiger partial charge in [0.25, 0.3) is 0 Å². The quantitative estimate of drug-likeness (QED) is 0.220. The van der Waals surface area contributed by atoms with Gasteiger partial charge >= 0.3 is 0 Å². The lowest BCUT2D eigenvalue weighted by atomic mass is 10.0. The van der Waals surface area contributed by atoms with Crippen LogP contribution >= 0.6 is 0 Å². The van der Waals surface area contributed by atoms with Gasteiger partial charge in [0.2, 0.25) is 11.8 Å². The highest BCUT2D eigenvalue weighted by atomic mass is 32.2. The molecule has 0 radical (unpaired) electrons. The number of carbonyl (C=O) groups excluding carboxylic acids is 2. The standard InChI is InChI=1S/C24H43N5O4S.C4H10/c1-6-7-13-26-34(33)29(16-19(2)3)17-22(30)21(14-20-11-9-8-10-12-20)27-23(31)15-25-24(32)18-28(4)5;1-4(2)3/h8-12,19,21-22,26,30H,6-7,13-18H2,1-5H3,(H,25,32)(H,27,31);4H,1-3H3. The van der Waals surface area contributed by atoms with Crippen LogP contribution in [0.3, 0.4) is 0 Å². The monoisotopic (exact) mass is 555 g/mol. The molecule has 0 saturated carbocycles. The maximum absolute atomic E-state index is 12.8. The smallest absolute Gasteiger partial charge is 0.239 e. The Morgan fingerprint density at radius 1 is 1.00 bits per heavy atom. The van der Waals surface area contributed by atoms with Crippen LogP contribution in [0.15, 0.2) is 30.3 Å². The molecule has 0 spiro atoms. The van der Waals surface area contributed by atoms with E-state index in [4.69, 9.17) is 0 Å². The van der Waals surface area contributed by atoms with Crippen LogP contribution in [0.25, 0.3) is 0 Å². The van der Waals surface area contributed by atoms with Gasteiger partial charge in [0.05, 0.1) is 25.2 Å². The van der Waals surface area contributed by atoms with Gasteiger partial charge in [-0.25, -0.2) is 13.2 Å². The molecule has 220 valence electrons. The molecule has 0 saturated heterocycles. The number of unbranched alkanes of at least 4 members (excludes halogenated alkanes) is 1. The number of aliphatic hydroxyl groups excluding tert-OH is 1. The summed E-state index contributed by atoms with van der Waals surface area (Å²) in [5.41, 5.74) is 0.959. The van der Waals surface area contributed by atoms with Gasteiger partial charge in [-0.1, -0.05) is 78.3 Å². The van der Waals surface area contributed by atoms with E-state index in [0.29, 0.717) is 19.5 Å². The minimum absolute atomic E-state index is 0.134. The number of likely N-dealkylation sites (N-methyl/N-ethyl adjacent to an activating group) is 1. The van der Waals surface area contributed by atoms with Crippen molar-refractivity contribution in [2.45, 2.75) is 73.0 Å². The zero-order valence-corrected chi connectivity index (χ0v) is 25.6. The Balaban J connectivity index is 0.00000318. The van der Waals surface area contributed by atoms with E-state index in [-0.39, 0.29) is 37.4 Å². The summed E-state index contributed by atoms with van der Waals surface area (Å²) in [7, 11) is 3.55. The second-order valence-electron chi connectivity index (χ2n) is 10.9. The number of amides is 2. The maximum Gasteiger partial charge on any atom is 0.239 e. The molecule has 1 aromatic rings. The summed E-state index contributed by atoms with van der Waals surface area (Å²) >= 11 is -1.44. The molecule has 0 aromatic heterocycles. The first kappa shape index (κ1) is 36.1. The molecule has 0 aliphatic heterocycles. The van der Waals surface area contributed by atoms with Crippen LogP contribution in [-0.2, 0) is 27.2 Å². The second kappa shape index (κ2) is 21.0. The largest absolute Gasteiger partial charge is 0.390 e. The number of hydrogen-bond acceptors (Lipinski definition) is 5. The van der Waals surface area contributed by atoms with Gasteiger partial charge in [0.1, 0.15) is 0 Å². The van der Waals surface area contributed by atoms with Crippen LogP contribution < -0.4 is 15.4 Å².